The highest BCUT2D eigenvalue weighted by Crippen LogP contribution is 2.29. The van der Waals surface area contributed by atoms with Crippen molar-refractivity contribution in [3.8, 4) is 0 Å². The van der Waals surface area contributed by atoms with Gasteiger partial charge >= 0.3 is 6.18 Å². The van der Waals surface area contributed by atoms with Gasteiger partial charge in [-0.2, -0.15) is 13.2 Å². The van der Waals surface area contributed by atoms with Crippen molar-refractivity contribution in [3.63, 3.8) is 0 Å². The van der Waals surface area contributed by atoms with Crippen LogP contribution in [0.4, 0.5) is 13.2 Å². The van der Waals surface area contributed by atoms with Crippen LogP contribution in [0.2, 0.25) is 0 Å². The van der Waals surface area contributed by atoms with E-state index in [2.05, 4.69) is 0 Å². The molecule has 98 valence electrons. The molecule has 0 aliphatic carbocycles. The second kappa shape index (κ2) is 5.71. The minimum atomic E-state index is -4.36. The summed E-state index contributed by atoms with van der Waals surface area (Å²) in [5.74, 6) is 0.397. The summed E-state index contributed by atoms with van der Waals surface area (Å²) in [4.78, 5) is 0. The Morgan fingerprint density at radius 1 is 1.28 bits per heavy atom. The minimum Gasteiger partial charge on any atom is -0.444 e. The molecule has 1 aromatic rings. The first-order valence-electron chi connectivity index (χ1n) is 5.45. The van der Waals surface area contributed by atoms with Gasteiger partial charge in [0.05, 0.1) is 11.3 Å². The summed E-state index contributed by atoms with van der Waals surface area (Å²) >= 11 is 0. The van der Waals surface area contributed by atoms with E-state index >= 15 is 0 Å². The summed E-state index contributed by atoms with van der Waals surface area (Å²) in [5.41, 5.74) is -0.424. The second-order valence-electron chi connectivity index (χ2n) is 3.73. The van der Waals surface area contributed by atoms with Gasteiger partial charge in [0.15, 0.2) is 0 Å². The molecule has 0 radical (unpaired) electrons. The fourth-order valence-corrected chi connectivity index (χ4v) is 1.36. The summed E-state index contributed by atoms with van der Waals surface area (Å²) in [7, 11) is 0. The lowest BCUT2D eigenvalue weighted by Gasteiger charge is -2.09. The molecule has 0 fully saturated rings. The Morgan fingerprint density at radius 3 is 2.28 bits per heavy atom. The predicted molar refractivity (Wildman–Crippen MR) is 63.4 cm³/mol. The largest absolute Gasteiger partial charge is 0.444 e. The fraction of sp³-hybridized carbons (Fsp3) is 0.308. The van der Waals surface area contributed by atoms with Gasteiger partial charge in [0.2, 0.25) is 5.90 Å². The number of rotatable bonds is 3. The molecule has 0 saturated carbocycles. The number of alkyl halides is 3. The molecule has 5 heteroatoms. The van der Waals surface area contributed by atoms with Crippen LogP contribution in [0.15, 0.2) is 36.1 Å². The minimum absolute atomic E-state index is 0.161. The SMILES string of the molecule is CC/C=C(\C)OC(=N)c1ccc(C(F)(F)F)cc1. The van der Waals surface area contributed by atoms with Crippen LogP contribution in [-0.4, -0.2) is 5.90 Å². The Hall–Kier alpha value is -1.78. The number of halogens is 3. The van der Waals surface area contributed by atoms with Gasteiger partial charge in [-0.3, -0.25) is 5.41 Å². The molecule has 0 aromatic heterocycles. The lowest BCUT2D eigenvalue weighted by Crippen LogP contribution is -2.07. The predicted octanol–water partition coefficient (Wildman–Crippen LogP) is 4.36. The van der Waals surface area contributed by atoms with Crippen LogP contribution in [0, 0.1) is 5.41 Å². The van der Waals surface area contributed by atoms with Crippen molar-refractivity contribution in [1.82, 2.24) is 0 Å². The second-order valence-corrected chi connectivity index (χ2v) is 3.73. The molecule has 1 rings (SSSR count). The van der Waals surface area contributed by atoms with E-state index < -0.39 is 11.7 Å². The molecule has 0 spiro atoms. The molecular weight excluding hydrogens is 243 g/mol. The van der Waals surface area contributed by atoms with Crippen molar-refractivity contribution >= 4 is 5.90 Å². The van der Waals surface area contributed by atoms with Crippen molar-refractivity contribution in [1.29, 1.82) is 5.41 Å². The summed E-state index contributed by atoms with van der Waals surface area (Å²) < 4.78 is 42.2. The normalized spacial score (nSPS) is 12.4. The third kappa shape index (κ3) is 3.91. The van der Waals surface area contributed by atoms with Crippen molar-refractivity contribution in [2.45, 2.75) is 26.4 Å². The van der Waals surface area contributed by atoms with E-state index in [1.807, 2.05) is 6.92 Å². The quantitative estimate of drug-likeness (QED) is 0.487. The van der Waals surface area contributed by atoms with Crippen LogP contribution in [-0.2, 0) is 10.9 Å². The van der Waals surface area contributed by atoms with Gasteiger partial charge in [0.25, 0.3) is 0 Å². The van der Waals surface area contributed by atoms with Gasteiger partial charge in [-0.1, -0.05) is 6.92 Å². The maximum Gasteiger partial charge on any atom is 0.416 e. The van der Waals surface area contributed by atoms with Crippen LogP contribution in [0.3, 0.4) is 0 Å². The first-order valence-corrected chi connectivity index (χ1v) is 5.45. The number of hydrogen-bond donors (Lipinski definition) is 1. The first kappa shape index (κ1) is 14.3. The highest BCUT2D eigenvalue weighted by Gasteiger charge is 2.30. The number of allylic oxidation sites excluding steroid dienone is 2. The highest BCUT2D eigenvalue weighted by molar-refractivity contribution is 5.92. The molecule has 18 heavy (non-hydrogen) atoms. The Bertz CT molecular complexity index is 446. The molecule has 0 amide bonds. The summed E-state index contributed by atoms with van der Waals surface area (Å²) in [5, 5.41) is 7.62. The van der Waals surface area contributed by atoms with Gasteiger partial charge in [0, 0.05) is 5.56 Å². The Balaban J connectivity index is 2.80. The van der Waals surface area contributed by atoms with E-state index in [-0.39, 0.29) is 5.90 Å². The topological polar surface area (TPSA) is 33.1 Å². The van der Waals surface area contributed by atoms with Crippen molar-refractivity contribution in [2.24, 2.45) is 0 Å². The van der Waals surface area contributed by atoms with E-state index in [4.69, 9.17) is 10.1 Å². The molecule has 0 saturated heterocycles. The van der Waals surface area contributed by atoms with E-state index in [1.54, 1.807) is 13.0 Å². The van der Waals surface area contributed by atoms with E-state index in [1.165, 1.54) is 12.1 Å². The van der Waals surface area contributed by atoms with Crippen LogP contribution in [0.1, 0.15) is 31.4 Å². The fourth-order valence-electron chi connectivity index (χ4n) is 1.36. The molecule has 0 aliphatic rings. The Morgan fingerprint density at radius 2 is 1.83 bits per heavy atom. The molecule has 2 nitrogen and oxygen atoms in total. The average Bonchev–Trinajstić information content (AvgIpc) is 2.28. The van der Waals surface area contributed by atoms with Crippen LogP contribution in [0.5, 0.6) is 0 Å². The Labute approximate surface area is 104 Å². The lowest BCUT2D eigenvalue weighted by atomic mass is 10.1. The number of nitrogens with one attached hydrogen (secondary N) is 1. The number of ether oxygens (including phenoxy) is 1. The highest BCUT2D eigenvalue weighted by atomic mass is 19.4. The van der Waals surface area contributed by atoms with Crippen LogP contribution >= 0.6 is 0 Å². The standard InChI is InChI=1S/C13H14F3NO/c1-3-4-9(2)18-12(17)10-5-7-11(8-6-10)13(14,15)16/h4-8,17H,3H2,1-2H3/b9-4+,17-12?. The smallest absolute Gasteiger partial charge is 0.416 e. The molecule has 0 atom stereocenters. The molecule has 0 unspecified atom stereocenters. The van der Waals surface area contributed by atoms with Gasteiger partial charge in [0.1, 0.15) is 0 Å². The van der Waals surface area contributed by atoms with E-state index in [0.29, 0.717) is 11.3 Å². The molecule has 0 bridgehead atoms. The van der Waals surface area contributed by atoms with E-state index in [0.717, 1.165) is 18.6 Å². The lowest BCUT2D eigenvalue weighted by molar-refractivity contribution is -0.137. The summed E-state index contributed by atoms with van der Waals surface area (Å²) in [6.07, 6.45) is -1.80. The molecular formula is C13H14F3NO. The van der Waals surface area contributed by atoms with Gasteiger partial charge in [-0.05, 0) is 43.7 Å². The van der Waals surface area contributed by atoms with Crippen molar-refractivity contribution < 1.29 is 17.9 Å². The number of hydrogen-bond acceptors (Lipinski definition) is 2. The van der Waals surface area contributed by atoms with Crippen LogP contribution < -0.4 is 0 Å². The average molecular weight is 257 g/mol. The zero-order valence-corrected chi connectivity index (χ0v) is 10.1. The molecule has 0 aliphatic heterocycles. The van der Waals surface area contributed by atoms with Crippen molar-refractivity contribution in [3.05, 3.63) is 47.2 Å². The molecule has 1 aromatic carbocycles. The maximum absolute atomic E-state index is 12.3. The third-order valence-corrected chi connectivity index (χ3v) is 2.23. The third-order valence-electron chi connectivity index (χ3n) is 2.23. The molecule has 1 N–H and O–H groups in total. The summed E-state index contributed by atoms with van der Waals surface area (Å²) in [6, 6.07) is 4.33. The maximum atomic E-state index is 12.3. The zero-order chi connectivity index (χ0) is 13.8. The zero-order valence-electron chi connectivity index (χ0n) is 10.1. The first-order chi connectivity index (χ1) is 8.34. The van der Waals surface area contributed by atoms with Gasteiger partial charge in [-0.25, -0.2) is 0 Å². The van der Waals surface area contributed by atoms with Gasteiger partial charge < -0.3 is 4.74 Å². The summed E-state index contributed by atoms with van der Waals surface area (Å²) in [6.45, 7) is 3.62. The van der Waals surface area contributed by atoms with Gasteiger partial charge in [-0.15, -0.1) is 0 Å². The van der Waals surface area contributed by atoms with Crippen LogP contribution in [0.25, 0.3) is 0 Å². The molecule has 0 heterocycles. The van der Waals surface area contributed by atoms with Crippen molar-refractivity contribution in [2.75, 3.05) is 0 Å². The Kier molecular flexibility index (Phi) is 4.53. The van der Waals surface area contributed by atoms with E-state index in [9.17, 15) is 13.2 Å². The monoisotopic (exact) mass is 257 g/mol. The number of benzene rings is 1.